The molecule has 1 amide bonds. The molecular formula is C18H20ClNO4S. The van der Waals surface area contributed by atoms with Crippen molar-refractivity contribution in [1.82, 2.24) is 0 Å². The predicted octanol–water partition coefficient (Wildman–Crippen LogP) is 4.22. The molecule has 0 aliphatic rings. The minimum atomic E-state index is -0.907. The van der Waals surface area contributed by atoms with Crippen molar-refractivity contribution < 1.29 is 19.1 Å². The number of thiophene rings is 1. The summed E-state index contributed by atoms with van der Waals surface area (Å²) in [6, 6.07) is 5.30. The fourth-order valence-electron chi connectivity index (χ4n) is 2.16. The number of methoxy groups -OCH3 is 1. The van der Waals surface area contributed by atoms with Crippen molar-refractivity contribution in [3.8, 4) is 5.75 Å². The average Bonchev–Trinajstić information content (AvgIpc) is 3.09. The summed E-state index contributed by atoms with van der Waals surface area (Å²) in [7, 11) is 1.49. The highest BCUT2D eigenvalue weighted by Crippen LogP contribution is 2.31. The van der Waals surface area contributed by atoms with Gasteiger partial charge in [0, 0.05) is 17.5 Å². The van der Waals surface area contributed by atoms with Crippen molar-refractivity contribution >= 4 is 40.5 Å². The van der Waals surface area contributed by atoms with Crippen molar-refractivity contribution in [2.45, 2.75) is 32.8 Å². The van der Waals surface area contributed by atoms with Crippen LogP contribution in [0.25, 0.3) is 0 Å². The minimum Gasteiger partial charge on any atom is -0.495 e. The molecular weight excluding hydrogens is 362 g/mol. The van der Waals surface area contributed by atoms with E-state index in [9.17, 15) is 9.59 Å². The summed E-state index contributed by atoms with van der Waals surface area (Å²) in [5.41, 5.74) is 2.37. The molecule has 1 aromatic heterocycles. The molecule has 0 fully saturated rings. The number of hydrogen-bond donors (Lipinski definition) is 1. The first kappa shape index (κ1) is 19.3. The van der Waals surface area contributed by atoms with E-state index in [2.05, 4.69) is 5.32 Å². The highest BCUT2D eigenvalue weighted by atomic mass is 35.5. The second-order valence-corrected chi connectivity index (χ2v) is 6.74. The van der Waals surface area contributed by atoms with Crippen LogP contribution in [0.15, 0.2) is 29.0 Å². The quantitative estimate of drug-likeness (QED) is 0.729. The third-order valence-electron chi connectivity index (χ3n) is 3.61. The van der Waals surface area contributed by atoms with E-state index in [1.807, 2.05) is 23.8 Å². The zero-order valence-electron chi connectivity index (χ0n) is 14.3. The number of rotatable bonds is 7. The molecule has 0 bridgehead atoms. The summed E-state index contributed by atoms with van der Waals surface area (Å²) in [5, 5.41) is 7.19. The van der Waals surface area contributed by atoms with Crippen LogP contribution in [0.3, 0.4) is 0 Å². The standard InChI is InChI=1S/C18H20ClNO4S/c1-11-8-15(16(23-3)9-14(11)19)20-18(22)12(2)24-17(21)5-4-13-6-7-25-10-13/h6-10,12H,4-5H2,1-3H3,(H,20,22)/t12-/m1/s1. The number of esters is 1. The lowest BCUT2D eigenvalue weighted by molar-refractivity contribution is -0.153. The fraction of sp³-hybridized carbons (Fsp3) is 0.333. The molecule has 1 N–H and O–H groups in total. The van der Waals surface area contributed by atoms with Gasteiger partial charge in [-0.2, -0.15) is 11.3 Å². The van der Waals surface area contributed by atoms with E-state index in [-0.39, 0.29) is 6.42 Å². The predicted molar refractivity (Wildman–Crippen MR) is 99.6 cm³/mol. The number of hydrogen-bond acceptors (Lipinski definition) is 5. The van der Waals surface area contributed by atoms with Gasteiger partial charge in [0.25, 0.3) is 5.91 Å². The van der Waals surface area contributed by atoms with Gasteiger partial charge in [0.05, 0.1) is 12.8 Å². The van der Waals surface area contributed by atoms with E-state index in [4.69, 9.17) is 21.1 Å². The van der Waals surface area contributed by atoms with E-state index >= 15 is 0 Å². The largest absolute Gasteiger partial charge is 0.495 e. The Kier molecular flexibility index (Phi) is 6.84. The summed E-state index contributed by atoms with van der Waals surface area (Å²) >= 11 is 7.63. The number of amides is 1. The van der Waals surface area contributed by atoms with Gasteiger partial charge in [0.15, 0.2) is 6.10 Å². The maximum Gasteiger partial charge on any atom is 0.306 e. The molecule has 1 atom stereocenters. The van der Waals surface area contributed by atoms with Crippen LogP contribution in [0.2, 0.25) is 5.02 Å². The summed E-state index contributed by atoms with van der Waals surface area (Å²) < 4.78 is 10.4. The molecule has 134 valence electrons. The zero-order valence-corrected chi connectivity index (χ0v) is 15.9. The number of carbonyl (C=O) groups is 2. The molecule has 0 aliphatic heterocycles. The number of halogens is 1. The van der Waals surface area contributed by atoms with Gasteiger partial charge in [-0.25, -0.2) is 0 Å². The van der Waals surface area contributed by atoms with Crippen molar-refractivity contribution in [2.24, 2.45) is 0 Å². The van der Waals surface area contributed by atoms with Crippen LogP contribution in [-0.2, 0) is 20.7 Å². The molecule has 5 nitrogen and oxygen atoms in total. The van der Waals surface area contributed by atoms with Crippen LogP contribution in [-0.4, -0.2) is 25.1 Å². The van der Waals surface area contributed by atoms with E-state index in [0.29, 0.717) is 22.9 Å². The molecule has 7 heteroatoms. The SMILES string of the molecule is COc1cc(Cl)c(C)cc1NC(=O)[C@@H](C)OC(=O)CCc1ccsc1. The van der Waals surface area contributed by atoms with Crippen LogP contribution in [0.1, 0.15) is 24.5 Å². The van der Waals surface area contributed by atoms with Crippen LogP contribution in [0.4, 0.5) is 5.69 Å². The van der Waals surface area contributed by atoms with E-state index < -0.39 is 18.0 Å². The topological polar surface area (TPSA) is 64.6 Å². The van der Waals surface area contributed by atoms with Crippen LogP contribution < -0.4 is 10.1 Å². The lowest BCUT2D eigenvalue weighted by Gasteiger charge is -2.16. The van der Waals surface area contributed by atoms with Gasteiger partial charge in [-0.05, 0) is 54.3 Å². The Morgan fingerprint density at radius 1 is 1.36 bits per heavy atom. The third-order valence-corrected chi connectivity index (χ3v) is 4.75. The summed E-state index contributed by atoms with van der Waals surface area (Å²) in [6.45, 7) is 3.36. The van der Waals surface area contributed by atoms with Crippen molar-refractivity contribution in [3.05, 3.63) is 45.1 Å². The van der Waals surface area contributed by atoms with Gasteiger partial charge in [-0.15, -0.1) is 0 Å². The van der Waals surface area contributed by atoms with Gasteiger partial charge in [-0.1, -0.05) is 11.6 Å². The first-order chi connectivity index (χ1) is 11.9. The summed E-state index contributed by atoms with van der Waals surface area (Å²) in [4.78, 5) is 24.2. The van der Waals surface area contributed by atoms with Gasteiger partial charge < -0.3 is 14.8 Å². The second kappa shape index (κ2) is 8.87. The number of nitrogens with one attached hydrogen (secondary N) is 1. The Labute approximate surface area is 155 Å². The minimum absolute atomic E-state index is 0.234. The van der Waals surface area contributed by atoms with E-state index in [1.165, 1.54) is 14.0 Å². The summed E-state index contributed by atoms with van der Waals surface area (Å²) in [6.07, 6.45) is -0.0748. The number of aryl methyl sites for hydroxylation is 2. The highest BCUT2D eigenvalue weighted by molar-refractivity contribution is 7.07. The first-order valence-corrected chi connectivity index (χ1v) is 9.08. The lowest BCUT2D eigenvalue weighted by Crippen LogP contribution is -2.30. The van der Waals surface area contributed by atoms with Crippen LogP contribution in [0, 0.1) is 6.92 Å². The number of ether oxygens (including phenoxy) is 2. The molecule has 2 rings (SSSR count). The molecule has 1 aromatic carbocycles. The average molecular weight is 382 g/mol. The smallest absolute Gasteiger partial charge is 0.306 e. The van der Waals surface area contributed by atoms with E-state index in [1.54, 1.807) is 23.5 Å². The van der Waals surface area contributed by atoms with E-state index in [0.717, 1.165) is 11.1 Å². The van der Waals surface area contributed by atoms with Crippen molar-refractivity contribution in [1.29, 1.82) is 0 Å². The molecule has 2 aromatic rings. The molecule has 0 radical (unpaired) electrons. The van der Waals surface area contributed by atoms with Crippen molar-refractivity contribution in [3.63, 3.8) is 0 Å². The monoisotopic (exact) mass is 381 g/mol. The summed E-state index contributed by atoms with van der Waals surface area (Å²) in [5.74, 6) is -0.392. The maximum atomic E-state index is 12.3. The molecule has 1 heterocycles. The lowest BCUT2D eigenvalue weighted by atomic mass is 10.2. The fourth-order valence-corrected chi connectivity index (χ4v) is 3.01. The van der Waals surface area contributed by atoms with Crippen LogP contribution in [0.5, 0.6) is 5.75 Å². The van der Waals surface area contributed by atoms with Gasteiger partial charge in [0.1, 0.15) is 5.75 Å². The van der Waals surface area contributed by atoms with Crippen LogP contribution >= 0.6 is 22.9 Å². The van der Waals surface area contributed by atoms with Gasteiger partial charge >= 0.3 is 5.97 Å². The molecule has 0 unspecified atom stereocenters. The Balaban J connectivity index is 1.91. The zero-order chi connectivity index (χ0) is 18.4. The number of benzene rings is 1. The normalized spacial score (nSPS) is 11.7. The Hall–Kier alpha value is -2.05. The third kappa shape index (κ3) is 5.47. The maximum absolute atomic E-state index is 12.3. The highest BCUT2D eigenvalue weighted by Gasteiger charge is 2.19. The Morgan fingerprint density at radius 2 is 2.12 bits per heavy atom. The second-order valence-electron chi connectivity index (χ2n) is 5.55. The number of anilines is 1. The molecule has 0 saturated heterocycles. The van der Waals surface area contributed by atoms with Gasteiger partial charge in [-0.3, -0.25) is 9.59 Å². The Bertz CT molecular complexity index is 746. The molecule has 0 spiro atoms. The van der Waals surface area contributed by atoms with Gasteiger partial charge in [0.2, 0.25) is 0 Å². The van der Waals surface area contributed by atoms with Crippen molar-refractivity contribution in [2.75, 3.05) is 12.4 Å². The number of carbonyl (C=O) groups excluding carboxylic acids is 2. The first-order valence-electron chi connectivity index (χ1n) is 7.76. The Morgan fingerprint density at radius 3 is 2.76 bits per heavy atom. The molecule has 25 heavy (non-hydrogen) atoms. The molecule has 0 aliphatic carbocycles. The molecule has 0 saturated carbocycles.